The SMILES string of the molecule is CC(C)=CC(=O)Nc1nnc(-c2ccccc2F)s1. The van der Waals surface area contributed by atoms with E-state index in [0.717, 1.165) is 16.9 Å². The molecule has 0 aliphatic heterocycles. The highest BCUT2D eigenvalue weighted by Crippen LogP contribution is 2.28. The number of anilines is 1. The van der Waals surface area contributed by atoms with Gasteiger partial charge in [-0.05, 0) is 26.0 Å². The Morgan fingerprint density at radius 3 is 2.74 bits per heavy atom. The average molecular weight is 277 g/mol. The lowest BCUT2D eigenvalue weighted by atomic mass is 10.2. The van der Waals surface area contributed by atoms with E-state index in [0.29, 0.717) is 15.7 Å². The van der Waals surface area contributed by atoms with Crippen molar-refractivity contribution in [1.82, 2.24) is 10.2 Å². The van der Waals surface area contributed by atoms with Crippen LogP contribution < -0.4 is 5.32 Å². The van der Waals surface area contributed by atoms with Crippen LogP contribution in [0.15, 0.2) is 35.9 Å². The number of halogens is 1. The largest absolute Gasteiger partial charge is 0.297 e. The zero-order chi connectivity index (χ0) is 13.8. The monoisotopic (exact) mass is 277 g/mol. The van der Waals surface area contributed by atoms with Crippen LogP contribution in [-0.2, 0) is 4.79 Å². The molecule has 1 amide bonds. The van der Waals surface area contributed by atoms with Crippen LogP contribution in [0.3, 0.4) is 0 Å². The Morgan fingerprint density at radius 2 is 2.05 bits per heavy atom. The summed E-state index contributed by atoms with van der Waals surface area (Å²) in [5.74, 6) is -0.628. The fourth-order valence-corrected chi connectivity index (χ4v) is 2.19. The van der Waals surface area contributed by atoms with Crippen molar-refractivity contribution >= 4 is 22.4 Å². The normalized spacial score (nSPS) is 10.1. The van der Waals surface area contributed by atoms with E-state index in [1.54, 1.807) is 18.2 Å². The molecular weight excluding hydrogens is 265 g/mol. The van der Waals surface area contributed by atoms with E-state index >= 15 is 0 Å². The van der Waals surface area contributed by atoms with Gasteiger partial charge in [0.05, 0.1) is 0 Å². The topological polar surface area (TPSA) is 54.9 Å². The Hall–Kier alpha value is -2.08. The number of hydrogen-bond acceptors (Lipinski definition) is 4. The van der Waals surface area contributed by atoms with Crippen LogP contribution in [0.5, 0.6) is 0 Å². The number of nitrogens with one attached hydrogen (secondary N) is 1. The minimum atomic E-state index is -0.360. The molecule has 1 heterocycles. The molecule has 0 aliphatic rings. The first-order chi connectivity index (χ1) is 9.06. The van der Waals surface area contributed by atoms with Crippen LogP contribution in [0.1, 0.15) is 13.8 Å². The summed E-state index contributed by atoms with van der Waals surface area (Å²) in [7, 11) is 0. The van der Waals surface area contributed by atoms with E-state index in [1.807, 2.05) is 13.8 Å². The highest BCUT2D eigenvalue weighted by atomic mass is 32.1. The molecule has 2 rings (SSSR count). The maximum Gasteiger partial charge on any atom is 0.250 e. The Kier molecular flexibility index (Phi) is 4.01. The Labute approximate surface area is 114 Å². The number of carbonyl (C=O) groups is 1. The van der Waals surface area contributed by atoms with E-state index in [9.17, 15) is 9.18 Å². The van der Waals surface area contributed by atoms with Crippen molar-refractivity contribution in [2.75, 3.05) is 5.32 Å². The lowest BCUT2D eigenvalue weighted by Crippen LogP contribution is -2.07. The molecule has 0 saturated heterocycles. The van der Waals surface area contributed by atoms with Crippen LogP contribution in [0, 0.1) is 5.82 Å². The minimum absolute atomic E-state index is 0.267. The maximum atomic E-state index is 13.6. The predicted molar refractivity (Wildman–Crippen MR) is 73.4 cm³/mol. The van der Waals surface area contributed by atoms with Crippen molar-refractivity contribution in [2.45, 2.75) is 13.8 Å². The molecule has 4 nitrogen and oxygen atoms in total. The van der Waals surface area contributed by atoms with E-state index in [1.165, 1.54) is 12.1 Å². The van der Waals surface area contributed by atoms with Crippen LogP contribution in [0.25, 0.3) is 10.6 Å². The number of allylic oxidation sites excluding steroid dienone is 1. The summed E-state index contributed by atoms with van der Waals surface area (Å²) in [6.45, 7) is 3.65. The zero-order valence-corrected chi connectivity index (χ0v) is 11.3. The summed E-state index contributed by atoms with van der Waals surface area (Å²) >= 11 is 1.13. The molecule has 2 aromatic rings. The molecule has 0 aliphatic carbocycles. The third kappa shape index (κ3) is 3.45. The van der Waals surface area contributed by atoms with Gasteiger partial charge in [0, 0.05) is 11.6 Å². The molecule has 1 N–H and O–H groups in total. The van der Waals surface area contributed by atoms with Gasteiger partial charge in [0.2, 0.25) is 11.0 Å². The number of aromatic nitrogens is 2. The van der Waals surface area contributed by atoms with Gasteiger partial charge in [-0.25, -0.2) is 4.39 Å². The Morgan fingerprint density at radius 1 is 1.32 bits per heavy atom. The number of benzene rings is 1. The lowest BCUT2D eigenvalue weighted by molar-refractivity contribution is -0.111. The first kappa shape index (κ1) is 13.4. The van der Waals surface area contributed by atoms with E-state index < -0.39 is 0 Å². The van der Waals surface area contributed by atoms with Crippen LogP contribution in [0.2, 0.25) is 0 Å². The van der Waals surface area contributed by atoms with Crippen molar-refractivity contribution in [3.05, 3.63) is 41.7 Å². The van der Waals surface area contributed by atoms with Gasteiger partial charge in [-0.15, -0.1) is 10.2 Å². The summed E-state index contributed by atoms with van der Waals surface area (Å²) in [5, 5.41) is 11.1. The molecule has 0 fully saturated rings. The van der Waals surface area contributed by atoms with Crippen LogP contribution in [-0.4, -0.2) is 16.1 Å². The number of carbonyl (C=O) groups excluding carboxylic acids is 1. The van der Waals surface area contributed by atoms with Gasteiger partial charge in [0.15, 0.2) is 5.01 Å². The summed E-state index contributed by atoms with van der Waals surface area (Å²) in [5.41, 5.74) is 1.26. The van der Waals surface area contributed by atoms with E-state index in [-0.39, 0.29) is 11.7 Å². The fraction of sp³-hybridized carbons (Fsp3) is 0.154. The second-order valence-corrected chi connectivity index (χ2v) is 5.08. The summed E-state index contributed by atoms with van der Waals surface area (Å²) in [6.07, 6.45) is 1.46. The van der Waals surface area contributed by atoms with Crippen molar-refractivity contribution in [3.8, 4) is 10.6 Å². The second kappa shape index (κ2) is 5.71. The van der Waals surface area contributed by atoms with Crippen LogP contribution in [0.4, 0.5) is 9.52 Å². The fourth-order valence-electron chi connectivity index (χ4n) is 1.42. The third-order valence-electron chi connectivity index (χ3n) is 2.18. The Bertz CT molecular complexity index is 632. The lowest BCUT2D eigenvalue weighted by Gasteiger charge is -1.96. The second-order valence-electron chi connectivity index (χ2n) is 4.10. The molecule has 0 atom stereocenters. The first-order valence-corrected chi connectivity index (χ1v) is 6.42. The van der Waals surface area contributed by atoms with Gasteiger partial charge in [-0.1, -0.05) is 29.0 Å². The van der Waals surface area contributed by atoms with Gasteiger partial charge >= 0.3 is 0 Å². The number of hydrogen-bond donors (Lipinski definition) is 1. The summed E-state index contributed by atoms with van der Waals surface area (Å²) in [4.78, 5) is 11.5. The van der Waals surface area contributed by atoms with Gasteiger partial charge in [0.25, 0.3) is 0 Å². The number of nitrogens with zero attached hydrogens (tertiary/aromatic N) is 2. The van der Waals surface area contributed by atoms with E-state index in [4.69, 9.17) is 0 Å². The molecular formula is C13H12FN3OS. The van der Waals surface area contributed by atoms with Crippen LogP contribution >= 0.6 is 11.3 Å². The molecule has 6 heteroatoms. The average Bonchev–Trinajstić information content (AvgIpc) is 2.76. The minimum Gasteiger partial charge on any atom is -0.297 e. The smallest absolute Gasteiger partial charge is 0.250 e. The Balaban J connectivity index is 2.18. The zero-order valence-electron chi connectivity index (χ0n) is 10.5. The van der Waals surface area contributed by atoms with Gasteiger partial charge in [-0.2, -0.15) is 0 Å². The molecule has 0 radical (unpaired) electrons. The van der Waals surface area contributed by atoms with E-state index in [2.05, 4.69) is 15.5 Å². The van der Waals surface area contributed by atoms with Gasteiger partial charge in [-0.3, -0.25) is 10.1 Å². The van der Waals surface area contributed by atoms with Crippen molar-refractivity contribution < 1.29 is 9.18 Å². The summed E-state index contributed by atoms with van der Waals surface area (Å²) < 4.78 is 13.6. The third-order valence-corrected chi connectivity index (χ3v) is 3.05. The molecule has 0 unspecified atom stereocenters. The number of rotatable bonds is 3. The molecule has 0 spiro atoms. The first-order valence-electron chi connectivity index (χ1n) is 5.60. The highest BCUT2D eigenvalue weighted by Gasteiger charge is 2.11. The van der Waals surface area contributed by atoms with Gasteiger partial charge < -0.3 is 0 Å². The standard InChI is InChI=1S/C13H12FN3OS/c1-8(2)7-11(18)15-13-17-16-12(19-13)9-5-3-4-6-10(9)14/h3-7H,1-2H3,(H,15,17,18). The van der Waals surface area contributed by atoms with Crippen molar-refractivity contribution in [3.63, 3.8) is 0 Å². The predicted octanol–water partition coefficient (Wildman–Crippen LogP) is 3.25. The van der Waals surface area contributed by atoms with Crippen molar-refractivity contribution in [2.24, 2.45) is 0 Å². The molecule has 98 valence electrons. The molecule has 1 aromatic heterocycles. The van der Waals surface area contributed by atoms with Gasteiger partial charge in [0.1, 0.15) is 5.82 Å². The summed E-state index contributed by atoms with van der Waals surface area (Å²) in [6, 6.07) is 6.31. The molecule has 19 heavy (non-hydrogen) atoms. The van der Waals surface area contributed by atoms with Crippen molar-refractivity contribution in [1.29, 1.82) is 0 Å². The quantitative estimate of drug-likeness (QED) is 0.876. The molecule has 1 aromatic carbocycles. The molecule has 0 bridgehead atoms. The number of amides is 1. The molecule has 0 saturated carbocycles. The maximum absolute atomic E-state index is 13.6. The highest BCUT2D eigenvalue weighted by molar-refractivity contribution is 7.18.